The second kappa shape index (κ2) is 6.82. The Bertz CT molecular complexity index is 613. The smallest absolute Gasteiger partial charge is 0.162 e. The van der Waals surface area contributed by atoms with Crippen molar-refractivity contribution in [3.63, 3.8) is 0 Å². The van der Waals surface area contributed by atoms with E-state index in [2.05, 4.69) is 6.58 Å². The van der Waals surface area contributed by atoms with Crippen LogP contribution in [0.25, 0.3) is 0 Å². The van der Waals surface area contributed by atoms with E-state index < -0.39 is 0 Å². The first kappa shape index (κ1) is 16.3. The summed E-state index contributed by atoms with van der Waals surface area (Å²) in [6, 6.07) is 5.71. The molecule has 0 bridgehead atoms. The maximum absolute atomic E-state index is 12.6. The molecule has 0 aromatic heterocycles. The van der Waals surface area contributed by atoms with Gasteiger partial charge < -0.3 is 9.47 Å². The Labute approximate surface area is 132 Å². The van der Waals surface area contributed by atoms with Crippen LogP contribution in [0.3, 0.4) is 0 Å². The van der Waals surface area contributed by atoms with Gasteiger partial charge in [0.1, 0.15) is 11.5 Å². The van der Waals surface area contributed by atoms with Gasteiger partial charge in [0.2, 0.25) is 0 Å². The molecule has 1 aliphatic carbocycles. The Hall–Kier alpha value is -2.03. The third-order valence-electron chi connectivity index (χ3n) is 4.45. The first-order valence-electron chi connectivity index (χ1n) is 7.55. The Morgan fingerprint density at radius 3 is 2.64 bits per heavy atom. The van der Waals surface area contributed by atoms with E-state index in [0.717, 1.165) is 34.6 Å². The van der Waals surface area contributed by atoms with Gasteiger partial charge in [-0.1, -0.05) is 18.2 Å². The van der Waals surface area contributed by atoms with E-state index in [1.54, 1.807) is 14.2 Å². The minimum atomic E-state index is -0.0801. The zero-order valence-electron chi connectivity index (χ0n) is 13.8. The molecule has 118 valence electrons. The molecule has 22 heavy (non-hydrogen) atoms. The molecule has 3 nitrogen and oxygen atoms in total. The Balaban J connectivity index is 2.36. The third kappa shape index (κ3) is 3.24. The number of carbonyl (C=O) groups excluding carboxylic acids is 1. The summed E-state index contributed by atoms with van der Waals surface area (Å²) < 4.78 is 10.7. The van der Waals surface area contributed by atoms with Crippen molar-refractivity contribution >= 4 is 5.78 Å². The summed E-state index contributed by atoms with van der Waals surface area (Å²) in [5.41, 5.74) is 2.91. The molecule has 0 saturated heterocycles. The summed E-state index contributed by atoms with van der Waals surface area (Å²) in [7, 11) is 3.29. The molecule has 0 radical (unpaired) electrons. The first-order valence-corrected chi connectivity index (χ1v) is 7.55. The minimum Gasteiger partial charge on any atom is -0.497 e. The summed E-state index contributed by atoms with van der Waals surface area (Å²) in [6.07, 6.45) is 3.55. The van der Waals surface area contributed by atoms with Gasteiger partial charge in [0.15, 0.2) is 5.78 Å². The van der Waals surface area contributed by atoms with Gasteiger partial charge in [-0.15, -0.1) is 0 Å². The molecule has 0 spiro atoms. The van der Waals surface area contributed by atoms with E-state index in [9.17, 15) is 4.79 Å². The largest absolute Gasteiger partial charge is 0.497 e. The molecule has 0 amide bonds. The highest BCUT2D eigenvalue weighted by atomic mass is 16.5. The fourth-order valence-corrected chi connectivity index (χ4v) is 3.10. The monoisotopic (exact) mass is 300 g/mol. The van der Waals surface area contributed by atoms with Crippen LogP contribution < -0.4 is 9.47 Å². The van der Waals surface area contributed by atoms with E-state index in [0.29, 0.717) is 6.42 Å². The Morgan fingerprint density at radius 1 is 1.32 bits per heavy atom. The van der Waals surface area contributed by atoms with Gasteiger partial charge in [0.05, 0.1) is 14.2 Å². The van der Waals surface area contributed by atoms with Crippen molar-refractivity contribution in [2.24, 2.45) is 11.8 Å². The molecule has 1 aliphatic rings. The first-order chi connectivity index (χ1) is 10.5. The number of allylic oxidation sites excluding steroid dienone is 3. The number of methoxy groups -OCH3 is 2. The van der Waals surface area contributed by atoms with Crippen molar-refractivity contribution in [1.29, 1.82) is 0 Å². The maximum atomic E-state index is 12.6. The maximum Gasteiger partial charge on any atom is 0.162 e. The molecule has 2 atom stereocenters. The number of carbonyl (C=O) groups is 1. The molecule has 0 fully saturated rings. The van der Waals surface area contributed by atoms with Crippen LogP contribution in [0.5, 0.6) is 11.5 Å². The lowest BCUT2D eigenvalue weighted by molar-refractivity contribution is -0.120. The second-order valence-electron chi connectivity index (χ2n) is 5.93. The lowest BCUT2D eigenvalue weighted by Gasteiger charge is -2.30. The summed E-state index contributed by atoms with van der Waals surface area (Å²) in [4.78, 5) is 12.6. The Morgan fingerprint density at radius 2 is 2.05 bits per heavy atom. The van der Waals surface area contributed by atoms with Gasteiger partial charge >= 0.3 is 0 Å². The lowest BCUT2D eigenvalue weighted by Crippen LogP contribution is -2.30. The molecule has 1 aromatic carbocycles. The lowest BCUT2D eigenvalue weighted by atomic mass is 9.73. The number of ether oxygens (including phenoxy) is 2. The molecule has 0 N–H and O–H groups in total. The van der Waals surface area contributed by atoms with E-state index in [1.165, 1.54) is 0 Å². The van der Waals surface area contributed by atoms with Crippen molar-refractivity contribution < 1.29 is 14.3 Å². The highest BCUT2D eigenvalue weighted by Crippen LogP contribution is 2.36. The molecule has 2 rings (SSSR count). The van der Waals surface area contributed by atoms with Gasteiger partial charge in [-0.3, -0.25) is 4.79 Å². The van der Waals surface area contributed by atoms with E-state index >= 15 is 0 Å². The molecule has 1 aromatic rings. The summed E-state index contributed by atoms with van der Waals surface area (Å²) in [6.45, 7) is 7.97. The van der Waals surface area contributed by atoms with Crippen molar-refractivity contribution in [3.8, 4) is 11.5 Å². The number of rotatable bonds is 5. The minimum absolute atomic E-state index is 0.0801. The summed E-state index contributed by atoms with van der Waals surface area (Å²) in [5, 5.41) is 0. The normalized spacial score (nSPS) is 21.3. The molecule has 0 heterocycles. The van der Waals surface area contributed by atoms with Gasteiger partial charge in [0.25, 0.3) is 0 Å². The third-order valence-corrected chi connectivity index (χ3v) is 4.45. The number of benzene rings is 1. The highest BCUT2D eigenvalue weighted by Gasteiger charge is 2.33. The van der Waals surface area contributed by atoms with Gasteiger partial charge in [-0.25, -0.2) is 0 Å². The molecule has 3 heteroatoms. The Kier molecular flexibility index (Phi) is 5.07. The van der Waals surface area contributed by atoms with E-state index in [1.807, 2.05) is 38.1 Å². The predicted molar refractivity (Wildman–Crippen MR) is 88.4 cm³/mol. The van der Waals surface area contributed by atoms with E-state index in [-0.39, 0.29) is 17.6 Å². The van der Waals surface area contributed by atoms with Gasteiger partial charge in [0, 0.05) is 5.92 Å². The summed E-state index contributed by atoms with van der Waals surface area (Å²) in [5.74, 6) is 1.89. The molecular formula is C19H24O3. The van der Waals surface area contributed by atoms with E-state index in [4.69, 9.17) is 9.47 Å². The molecule has 0 aliphatic heterocycles. The summed E-state index contributed by atoms with van der Waals surface area (Å²) >= 11 is 0. The van der Waals surface area contributed by atoms with Crippen LogP contribution in [-0.4, -0.2) is 20.0 Å². The van der Waals surface area contributed by atoms with Crippen LogP contribution >= 0.6 is 0 Å². The predicted octanol–water partition coefficient (Wildman–Crippen LogP) is 3.97. The standard InChI is InChI=1S/C19H24O3/c1-12(2)16-8-6-13(3)19(20)17(16)11-14-10-15(21-4)7-9-18(14)22-5/h6-7,9-10,16-17H,1,8,11H2,2-5H3/t16-,17?/m0/s1. The average molecular weight is 300 g/mol. The topological polar surface area (TPSA) is 35.5 Å². The highest BCUT2D eigenvalue weighted by molar-refractivity contribution is 5.98. The number of hydrogen-bond donors (Lipinski definition) is 0. The zero-order chi connectivity index (χ0) is 16.3. The van der Waals surface area contributed by atoms with Crippen molar-refractivity contribution in [2.45, 2.75) is 26.7 Å². The number of Topliss-reactive ketones (excluding diaryl/α,β-unsaturated/α-hetero) is 1. The van der Waals surface area contributed by atoms with Crippen LogP contribution in [-0.2, 0) is 11.2 Å². The average Bonchev–Trinajstić information content (AvgIpc) is 2.51. The molecule has 1 unspecified atom stereocenters. The van der Waals surface area contributed by atoms with Crippen LogP contribution in [0, 0.1) is 11.8 Å². The van der Waals surface area contributed by atoms with Crippen molar-refractivity contribution in [2.75, 3.05) is 14.2 Å². The van der Waals surface area contributed by atoms with Crippen LogP contribution in [0.15, 0.2) is 42.0 Å². The zero-order valence-corrected chi connectivity index (χ0v) is 13.8. The SMILES string of the molecule is C=C(C)[C@@H]1CC=C(C)C(=O)C1Cc1cc(OC)ccc1OC. The van der Waals surface area contributed by atoms with Crippen LogP contribution in [0.1, 0.15) is 25.8 Å². The van der Waals surface area contributed by atoms with Gasteiger partial charge in [-0.2, -0.15) is 0 Å². The fourth-order valence-electron chi connectivity index (χ4n) is 3.10. The molecular weight excluding hydrogens is 276 g/mol. The number of hydrogen-bond acceptors (Lipinski definition) is 3. The number of ketones is 1. The van der Waals surface area contributed by atoms with Gasteiger partial charge in [-0.05, 0) is 61.9 Å². The second-order valence-corrected chi connectivity index (χ2v) is 5.93. The van der Waals surface area contributed by atoms with Crippen molar-refractivity contribution in [3.05, 3.63) is 47.6 Å². The molecule has 0 saturated carbocycles. The van der Waals surface area contributed by atoms with Crippen LogP contribution in [0.4, 0.5) is 0 Å². The fraction of sp³-hybridized carbons (Fsp3) is 0.421. The van der Waals surface area contributed by atoms with Crippen LogP contribution in [0.2, 0.25) is 0 Å². The quantitative estimate of drug-likeness (QED) is 0.772. The van der Waals surface area contributed by atoms with Crippen molar-refractivity contribution in [1.82, 2.24) is 0 Å².